The molecule has 1 aliphatic heterocycles. The monoisotopic (exact) mass is 411 g/mol. The Kier molecular flexibility index (Phi) is 5.53. The van der Waals surface area contributed by atoms with Crippen molar-refractivity contribution in [2.75, 3.05) is 13.1 Å². The van der Waals surface area contributed by atoms with Crippen molar-refractivity contribution in [2.24, 2.45) is 0 Å². The zero-order chi connectivity index (χ0) is 21.1. The summed E-state index contributed by atoms with van der Waals surface area (Å²) < 4.78 is 39.1. The molecule has 0 saturated carbocycles. The maximum atomic E-state index is 13.0. The minimum absolute atomic E-state index is 0.0251. The Hall–Kier alpha value is -3.22. The fourth-order valence-corrected chi connectivity index (χ4v) is 3.75. The lowest BCUT2D eigenvalue weighted by Gasteiger charge is -2.32. The molecule has 1 fully saturated rings. The minimum atomic E-state index is -4.40. The Labute approximate surface area is 172 Å². The van der Waals surface area contributed by atoms with Gasteiger partial charge in [-0.1, -0.05) is 24.3 Å². The second-order valence-corrected chi connectivity index (χ2v) is 7.33. The molecule has 7 heteroatoms. The SMILES string of the molecule is O=C(c1ccccn1)N1CCC[C@@H](c2cccc(-c3cccc(C(F)(F)F)c3)n2)C1. The fourth-order valence-electron chi connectivity index (χ4n) is 3.75. The van der Waals surface area contributed by atoms with Gasteiger partial charge in [-0.15, -0.1) is 0 Å². The Balaban J connectivity index is 1.56. The third-order valence-electron chi connectivity index (χ3n) is 5.27. The van der Waals surface area contributed by atoms with Gasteiger partial charge in [0.15, 0.2) is 0 Å². The minimum Gasteiger partial charge on any atom is -0.337 e. The number of hydrogen-bond donors (Lipinski definition) is 0. The van der Waals surface area contributed by atoms with Crippen molar-refractivity contribution in [3.63, 3.8) is 0 Å². The third-order valence-corrected chi connectivity index (χ3v) is 5.27. The standard InChI is InChI=1S/C23H20F3N3O/c24-23(25,26)18-8-3-6-16(14-18)19-10-4-11-20(28-19)17-7-5-13-29(15-17)22(30)21-9-1-2-12-27-21/h1-4,6,8-12,14,17H,5,7,13,15H2/t17-/m1/s1. The van der Waals surface area contributed by atoms with Crippen LogP contribution in [0.5, 0.6) is 0 Å². The summed E-state index contributed by atoms with van der Waals surface area (Å²) in [6, 6.07) is 15.8. The quantitative estimate of drug-likeness (QED) is 0.596. The van der Waals surface area contributed by atoms with Crippen LogP contribution in [0.25, 0.3) is 11.3 Å². The van der Waals surface area contributed by atoms with Crippen LogP contribution in [0.1, 0.15) is 40.5 Å². The van der Waals surface area contributed by atoms with Gasteiger partial charge >= 0.3 is 6.18 Å². The number of hydrogen-bond acceptors (Lipinski definition) is 3. The summed E-state index contributed by atoms with van der Waals surface area (Å²) in [5, 5.41) is 0. The molecule has 3 aromatic rings. The molecule has 1 saturated heterocycles. The number of halogens is 3. The van der Waals surface area contributed by atoms with Crippen LogP contribution in [0, 0.1) is 0 Å². The molecule has 1 amide bonds. The van der Waals surface area contributed by atoms with E-state index in [0.29, 0.717) is 30.0 Å². The summed E-state index contributed by atoms with van der Waals surface area (Å²) in [4.78, 5) is 23.3. The number of amides is 1. The van der Waals surface area contributed by atoms with Gasteiger partial charge in [-0.05, 0) is 49.2 Å². The number of alkyl halides is 3. The maximum Gasteiger partial charge on any atom is 0.416 e. The Bertz CT molecular complexity index is 1040. The van der Waals surface area contributed by atoms with Crippen molar-refractivity contribution in [2.45, 2.75) is 24.9 Å². The van der Waals surface area contributed by atoms with Crippen LogP contribution in [0.2, 0.25) is 0 Å². The van der Waals surface area contributed by atoms with Crippen molar-refractivity contribution in [1.82, 2.24) is 14.9 Å². The van der Waals surface area contributed by atoms with E-state index in [1.807, 2.05) is 6.07 Å². The lowest BCUT2D eigenvalue weighted by atomic mass is 9.93. The summed E-state index contributed by atoms with van der Waals surface area (Å²) in [6.07, 6.45) is -1.11. The summed E-state index contributed by atoms with van der Waals surface area (Å²) in [7, 11) is 0. The van der Waals surface area contributed by atoms with Crippen molar-refractivity contribution < 1.29 is 18.0 Å². The zero-order valence-electron chi connectivity index (χ0n) is 16.1. The number of carbonyl (C=O) groups excluding carboxylic acids is 1. The number of carbonyl (C=O) groups is 1. The predicted octanol–water partition coefficient (Wildman–Crippen LogP) is 5.18. The Morgan fingerprint density at radius 1 is 1.03 bits per heavy atom. The van der Waals surface area contributed by atoms with Gasteiger partial charge in [-0.2, -0.15) is 13.2 Å². The van der Waals surface area contributed by atoms with E-state index in [1.54, 1.807) is 47.5 Å². The fraction of sp³-hybridized carbons (Fsp3) is 0.261. The molecule has 4 nitrogen and oxygen atoms in total. The van der Waals surface area contributed by atoms with Crippen LogP contribution in [0.4, 0.5) is 13.2 Å². The summed E-state index contributed by atoms with van der Waals surface area (Å²) in [5.41, 5.74) is 1.40. The summed E-state index contributed by atoms with van der Waals surface area (Å²) in [5.74, 6) is -0.0912. The first-order chi connectivity index (χ1) is 14.4. The van der Waals surface area contributed by atoms with E-state index in [2.05, 4.69) is 9.97 Å². The molecule has 0 radical (unpaired) electrons. The second-order valence-electron chi connectivity index (χ2n) is 7.33. The highest BCUT2D eigenvalue weighted by Gasteiger charge is 2.31. The Morgan fingerprint density at radius 2 is 1.87 bits per heavy atom. The molecule has 0 bridgehead atoms. The summed E-state index contributed by atoms with van der Waals surface area (Å²) >= 11 is 0. The van der Waals surface area contributed by atoms with Gasteiger partial charge in [0.1, 0.15) is 5.69 Å². The molecule has 154 valence electrons. The van der Waals surface area contributed by atoms with E-state index in [1.165, 1.54) is 6.07 Å². The van der Waals surface area contributed by atoms with Gasteiger partial charge in [0.05, 0.1) is 11.3 Å². The highest BCUT2D eigenvalue weighted by Crippen LogP contribution is 2.33. The number of pyridine rings is 2. The van der Waals surface area contributed by atoms with Crippen LogP contribution >= 0.6 is 0 Å². The second kappa shape index (κ2) is 8.26. The first-order valence-electron chi connectivity index (χ1n) is 9.77. The lowest BCUT2D eigenvalue weighted by Crippen LogP contribution is -2.39. The molecule has 1 aliphatic rings. The highest BCUT2D eigenvalue weighted by atomic mass is 19.4. The lowest BCUT2D eigenvalue weighted by molar-refractivity contribution is -0.137. The first-order valence-corrected chi connectivity index (χ1v) is 9.77. The molecule has 4 rings (SSSR count). The van der Waals surface area contributed by atoms with E-state index in [9.17, 15) is 18.0 Å². The van der Waals surface area contributed by atoms with Gasteiger partial charge < -0.3 is 4.90 Å². The van der Waals surface area contributed by atoms with Gasteiger partial charge in [-0.3, -0.25) is 14.8 Å². The molecule has 3 heterocycles. The van der Waals surface area contributed by atoms with E-state index in [0.717, 1.165) is 30.7 Å². The molecule has 0 N–H and O–H groups in total. The molecule has 1 aromatic carbocycles. The van der Waals surface area contributed by atoms with E-state index in [-0.39, 0.29) is 11.8 Å². The maximum absolute atomic E-state index is 13.0. The largest absolute Gasteiger partial charge is 0.416 e. The van der Waals surface area contributed by atoms with E-state index in [4.69, 9.17) is 0 Å². The molecule has 30 heavy (non-hydrogen) atoms. The average Bonchev–Trinajstić information content (AvgIpc) is 2.79. The van der Waals surface area contributed by atoms with Crippen molar-refractivity contribution in [3.8, 4) is 11.3 Å². The van der Waals surface area contributed by atoms with Crippen LogP contribution in [0.15, 0.2) is 66.9 Å². The van der Waals surface area contributed by atoms with Gasteiger partial charge in [-0.25, -0.2) is 0 Å². The molecule has 2 aromatic heterocycles. The summed E-state index contributed by atoms with van der Waals surface area (Å²) in [6.45, 7) is 1.16. The first kappa shape index (κ1) is 20.1. The van der Waals surface area contributed by atoms with Crippen LogP contribution < -0.4 is 0 Å². The van der Waals surface area contributed by atoms with Crippen LogP contribution in [-0.4, -0.2) is 33.9 Å². The number of nitrogens with zero attached hydrogens (tertiary/aromatic N) is 3. The highest BCUT2D eigenvalue weighted by molar-refractivity contribution is 5.92. The number of benzene rings is 1. The van der Waals surface area contributed by atoms with Gasteiger partial charge in [0.2, 0.25) is 0 Å². The van der Waals surface area contributed by atoms with Crippen LogP contribution in [0.3, 0.4) is 0 Å². The Morgan fingerprint density at radius 3 is 2.63 bits per heavy atom. The van der Waals surface area contributed by atoms with Gasteiger partial charge in [0.25, 0.3) is 5.91 Å². The van der Waals surface area contributed by atoms with Crippen molar-refractivity contribution in [1.29, 1.82) is 0 Å². The van der Waals surface area contributed by atoms with E-state index >= 15 is 0 Å². The number of rotatable bonds is 3. The number of piperidine rings is 1. The molecule has 0 unspecified atom stereocenters. The predicted molar refractivity (Wildman–Crippen MR) is 107 cm³/mol. The molecular formula is C23H20F3N3O. The molecule has 1 atom stereocenters. The normalized spacial score (nSPS) is 17.0. The molecular weight excluding hydrogens is 391 g/mol. The smallest absolute Gasteiger partial charge is 0.337 e. The molecule has 0 spiro atoms. The van der Waals surface area contributed by atoms with Crippen molar-refractivity contribution in [3.05, 3.63) is 83.8 Å². The van der Waals surface area contributed by atoms with E-state index < -0.39 is 11.7 Å². The van der Waals surface area contributed by atoms with Gasteiger partial charge in [0, 0.05) is 36.5 Å². The molecule has 0 aliphatic carbocycles. The topological polar surface area (TPSA) is 46.1 Å². The van der Waals surface area contributed by atoms with Crippen molar-refractivity contribution >= 4 is 5.91 Å². The van der Waals surface area contributed by atoms with Crippen LogP contribution in [-0.2, 0) is 6.18 Å². The average molecular weight is 411 g/mol. The number of aromatic nitrogens is 2. The third kappa shape index (κ3) is 4.35. The zero-order valence-corrected chi connectivity index (χ0v) is 16.1. The number of likely N-dealkylation sites (tertiary alicyclic amines) is 1.